The Balaban J connectivity index is 1.50. The van der Waals surface area contributed by atoms with Gasteiger partial charge in [0.2, 0.25) is 0 Å². The minimum atomic E-state index is -0.951. The van der Waals surface area contributed by atoms with Gasteiger partial charge in [-0.3, -0.25) is 4.90 Å². The number of ether oxygens (including phenoxy) is 2. The molecule has 1 amide bonds. The van der Waals surface area contributed by atoms with Crippen LogP contribution in [0.25, 0.3) is 0 Å². The summed E-state index contributed by atoms with van der Waals surface area (Å²) in [5.41, 5.74) is 3.30. The summed E-state index contributed by atoms with van der Waals surface area (Å²) in [6.07, 6.45) is 0.572. The van der Waals surface area contributed by atoms with Crippen LogP contribution in [0, 0.1) is 13.8 Å². The van der Waals surface area contributed by atoms with Crippen molar-refractivity contribution in [3.05, 3.63) is 70.8 Å². The molecule has 2 aliphatic rings. The molecule has 2 atom stereocenters. The van der Waals surface area contributed by atoms with E-state index in [9.17, 15) is 9.90 Å². The molecule has 4 rings (SSSR count). The molecule has 148 valence electrons. The van der Waals surface area contributed by atoms with Gasteiger partial charge in [0.15, 0.2) is 0 Å². The van der Waals surface area contributed by atoms with Crippen LogP contribution in [-0.2, 0) is 21.7 Å². The SMILES string of the molecule is Cc1ccc(C2(O)CC3COCC(C2)N3C(=O)OCc2ccccc2)cc1C. The number of morpholine rings is 1. The maximum absolute atomic E-state index is 12.8. The van der Waals surface area contributed by atoms with Crippen LogP contribution in [0.5, 0.6) is 0 Å². The molecule has 5 nitrogen and oxygen atoms in total. The molecule has 0 spiro atoms. The zero-order valence-electron chi connectivity index (χ0n) is 16.4. The highest BCUT2D eigenvalue weighted by Gasteiger charge is 2.49. The minimum absolute atomic E-state index is 0.192. The van der Waals surface area contributed by atoms with Gasteiger partial charge in [0.1, 0.15) is 6.61 Å². The van der Waals surface area contributed by atoms with Crippen molar-refractivity contribution in [1.29, 1.82) is 0 Å². The molecule has 2 aromatic carbocycles. The van der Waals surface area contributed by atoms with E-state index in [4.69, 9.17) is 9.47 Å². The predicted octanol–water partition coefficient (Wildman–Crippen LogP) is 3.69. The number of hydrogen-bond acceptors (Lipinski definition) is 4. The lowest BCUT2D eigenvalue weighted by Gasteiger charge is -2.51. The lowest BCUT2D eigenvalue weighted by molar-refractivity contribution is -0.136. The largest absolute Gasteiger partial charge is 0.445 e. The number of piperidine rings is 1. The third-order valence-corrected chi connectivity index (χ3v) is 6.01. The van der Waals surface area contributed by atoms with Crippen LogP contribution in [0.15, 0.2) is 48.5 Å². The average Bonchev–Trinajstić information content (AvgIpc) is 2.68. The Kier molecular flexibility index (Phi) is 5.13. The van der Waals surface area contributed by atoms with Crippen molar-refractivity contribution >= 4 is 6.09 Å². The Labute approximate surface area is 165 Å². The monoisotopic (exact) mass is 381 g/mol. The second-order valence-electron chi connectivity index (χ2n) is 8.03. The molecule has 5 heteroatoms. The maximum atomic E-state index is 12.8. The summed E-state index contributed by atoms with van der Waals surface area (Å²) in [6, 6.07) is 15.4. The Bertz CT molecular complexity index is 837. The second kappa shape index (κ2) is 7.57. The van der Waals surface area contributed by atoms with Crippen LogP contribution < -0.4 is 0 Å². The summed E-state index contributed by atoms with van der Waals surface area (Å²) < 4.78 is 11.3. The third kappa shape index (κ3) is 3.64. The van der Waals surface area contributed by atoms with Gasteiger partial charge in [-0.25, -0.2) is 4.79 Å². The van der Waals surface area contributed by atoms with E-state index in [1.165, 1.54) is 5.56 Å². The molecule has 0 aliphatic carbocycles. The van der Waals surface area contributed by atoms with Gasteiger partial charge in [-0.1, -0.05) is 48.5 Å². The Morgan fingerprint density at radius 3 is 2.43 bits per heavy atom. The van der Waals surface area contributed by atoms with Crippen molar-refractivity contribution in [1.82, 2.24) is 4.90 Å². The molecule has 2 unspecified atom stereocenters. The molecule has 2 fully saturated rings. The highest BCUT2D eigenvalue weighted by Crippen LogP contribution is 2.41. The zero-order chi connectivity index (χ0) is 19.7. The van der Waals surface area contributed by atoms with Gasteiger partial charge < -0.3 is 14.6 Å². The van der Waals surface area contributed by atoms with Crippen LogP contribution in [-0.4, -0.2) is 41.4 Å². The zero-order valence-corrected chi connectivity index (χ0v) is 16.4. The van der Waals surface area contributed by atoms with Crippen molar-refractivity contribution in [2.45, 2.75) is 51.0 Å². The van der Waals surface area contributed by atoms with Crippen LogP contribution in [0.1, 0.15) is 35.1 Å². The molecule has 0 saturated carbocycles. The van der Waals surface area contributed by atoms with Crippen molar-refractivity contribution in [3.63, 3.8) is 0 Å². The number of benzene rings is 2. The lowest BCUT2D eigenvalue weighted by Crippen LogP contribution is -2.62. The van der Waals surface area contributed by atoms with Gasteiger partial charge in [-0.05, 0) is 36.1 Å². The first-order valence-electron chi connectivity index (χ1n) is 9.83. The maximum Gasteiger partial charge on any atom is 0.410 e. The van der Waals surface area contributed by atoms with Crippen LogP contribution >= 0.6 is 0 Å². The molecular formula is C23H27NO4. The van der Waals surface area contributed by atoms with Crippen molar-refractivity contribution < 1.29 is 19.4 Å². The van der Waals surface area contributed by atoms with Gasteiger partial charge >= 0.3 is 6.09 Å². The van der Waals surface area contributed by atoms with E-state index in [2.05, 4.69) is 26.0 Å². The second-order valence-corrected chi connectivity index (χ2v) is 8.03. The van der Waals surface area contributed by atoms with E-state index in [0.717, 1.165) is 16.7 Å². The van der Waals surface area contributed by atoms with Crippen molar-refractivity contribution in [2.75, 3.05) is 13.2 Å². The summed E-state index contributed by atoms with van der Waals surface area (Å²) in [4.78, 5) is 14.6. The van der Waals surface area contributed by atoms with Gasteiger partial charge in [-0.2, -0.15) is 0 Å². The minimum Gasteiger partial charge on any atom is -0.445 e. The molecule has 1 N–H and O–H groups in total. The number of nitrogens with zero attached hydrogens (tertiary/aromatic N) is 1. The number of amides is 1. The van der Waals surface area contributed by atoms with E-state index in [-0.39, 0.29) is 24.8 Å². The fourth-order valence-electron chi connectivity index (χ4n) is 4.33. The quantitative estimate of drug-likeness (QED) is 0.881. The van der Waals surface area contributed by atoms with Crippen molar-refractivity contribution in [2.24, 2.45) is 0 Å². The van der Waals surface area contributed by atoms with Crippen molar-refractivity contribution in [3.8, 4) is 0 Å². The molecule has 0 radical (unpaired) electrons. The molecule has 28 heavy (non-hydrogen) atoms. The highest BCUT2D eigenvalue weighted by atomic mass is 16.6. The van der Waals surface area contributed by atoms with Gasteiger partial charge in [0.25, 0.3) is 0 Å². The molecule has 2 aromatic rings. The summed E-state index contributed by atoms with van der Waals surface area (Å²) in [5, 5.41) is 11.4. The molecule has 2 aliphatic heterocycles. The first-order valence-corrected chi connectivity index (χ1v) is 9.83. The van der Waals surface area contributed by atoms with Crippen LogP contribution in [0.3, 0.4) is 0 Å². The Hall–Kier alpha value is -2.37. The predicted molar refractivity (Wildman–Crippen MR) is 106 cm³/mol. The normalized spacial score (nSPS) is 26.8. The number of fused-ring (bicyclic) bond motifs is 2. The summed E-state index contributed by atoms with van der Waals surface area (Å²) in [7, 11) is 0. The van der Waals surface area contributed by atoms with E-state index < -0.39 is 5.60 Å². The van der Waals surface area contributed by atoms with Gasteiger partial charge in [-0.15, -0.1) is 0 Å². The number of aliphatic hydroxyl groups is 1. The third-order valence-electron chi connectivity index (χ3n) is 6.01. The molecule has 2 bridgehead atoms. The number of hydrogen-bond donors (Lipinski definition) is 1. The Morgan fingerprint density at radius 2 is 1.79 bits per heavy atom. The van der Waals surface area contributed by atoms with Gasteiger partial charge in [0.05, 0.1) is 30.9 Å². The van der Waals surface area contributed by atoms with E-state index in [1.54, 1.807) is 4.90 Å². The lowest BCUT2D eigenvalue weighted by atomic mass is 9.76. The first kappa shape index (κ1) is 19.0. The first-order chi connectivity index (χ1) is 13.5. The molecular weight excluding hydrogens is 354 g/mol. The summed E-state index contributed by atoms with van der Waals surface area (Å²) in [6.45, 7) is 5.21. The topological polar surface area (TPSA) is 59.0 Å². The van der Waals surface area contributed by atoms with Crippen LogP contribution in [0.4, 0.5) is 4.79 Å². The van der Waals surface area contributed by atoms with E-state index in [1.807, 2.05) is 36.4 Å². The molecule has 2 heterocycles. The number of rotatable bonds is 3. The fraction of sp³-hybridized carbons (Fsp3) is 0.435. The highest BCUT2D eigenvalue weighted by molar-refractivity contribution is 5.69. The fourth-order valence-corrected chi connectivity index (χ4v) is 4.33. The molecule has 0 aromatic heterocycles. The van der Waals surface area contributed by atoms with E-state index in [0.29, 0.717) is 26.1 Å². The average molecular weight is 381 g/mol. The number of carbonyl (C=O) groups excluding carboxylic acids is 1. The van der Waals surface area contributed by atoms with E-state index >= 15 is 0 Å². The molecule has 2 saturated heterocycles. The number of carbonyl (C=O) groups is 1. The Morgan fingerprint density at radius 1 is 1.11 bits per heavy atom. The summed E-state index contributed by atoms with van der Waals surface area (Å²) >= 11 is 0. The standard InChI is InChI=1S/C23H27NO4/c1-16-8-9-19(10-17(16)2)23(26)11-20-14-27-15-21(12-23)24(20)22(25)28-13-18-6-4-3-5-7-18/h3-10,20-21,26H,11-15H2,1-2H3. The van der Waals surface area contributed by atoms with Gasteiger partial charge in [0, 0.05) is 12.8 Å². The van der Waals surface area contributed by atoms with Crippen LogP contribution in [0.2, 0.25) is 0 Å². The smallest absolute Gasteiger partial charge is 0.410 e. The number of aryl methyl sites for hydroxylation is 2. The summed E-state index contributed by atoms with van der Waals surface area (Å²) in [5.74, 6) is 0.